The summed E-state index contributed by atoms with van der Waals surface area (Å²) in [5, 5.41) is 10.9. The minimum Gasteiger partial charge on any atom is -0.449 e. The van der Waals surface area contributed by atoms with E-state index in [2.05, 4.69) is 0 Å². The van der Waals surface area contributed by atoms with Crippen LogP contribution in [-0.4, -0.2) is 30.8 Å². The Balaban J connectivity index is 2.44. The molecule has 0 radical (unpaired) electrons. The first-order valence-electron chi connectivity index (χ1n) is 5.54. The van der Waals surface area contributed by atoms with Crippen molar-refractivity contribution >= 4 is 23.4 Å². The van der Waals surface area contributed by atoms with Crippen molar-refractivity contribution in [3.05, 3.63) is 28.8 Å². The van der Waals surface area contributed by atoms with E-state index in [4.69, 9.17) is 21.1 Å². The number of hydrogen-bond acceptors (Lipinski definition) is 4. The first-order valence-corrected chi connectivity index (χ1v) is 5.92. The van der Waals surface area contributed by atoms with Crippen molar-refractivity contribution in [3.8, 4) is 0 Å². The zero-order valence-electron chi connectivity index (χ0n) is 10.1. The van der Waals surface area contributed by atoms with Gasteiger partial charge in [0.05, 0.1) is 18.7 Å². The predicted octanol–water partition coefficient (Wildman–Crippen LogP) is 2.15. The van der Waals surface area contributed by atoms with E-state index in [1.165, 1.54) is 7.11 Å². The zero-order valence-corrected chi connectivity index (χ0v) is 10.9. The molecule has 1 aromatic carbocycles. The number of rotatable bonds is 2. The monoisotopic (exact) mass is 271 g/mol. The molecule has 5 nitrogen and oxygen atoms in total. The Morgan fingerprint density at radius 2 is 2.33 bits per heavy atom. The molecule has 0 saturated heterocycles. The van der Waals surface area contributed by atoms with Crippen LogP contribution in [0.3, 0.4) is 0 Å². The minimum atomic E-state index is -1.72. The summed E-state index contributed by atoms with van der Waals surface area (Å²) in [5.41, 5.74) is 1.28. The quantitative estimate of drug-likeness (QED) is 0.838. The number of methoxy groups -OCH3 is 1. The Bertz CT molecular complexity index is 479. The molecule has 0 bridgehead atoms. The zero-order chi connectivity index (χ0) is 13.3. The number of amides is 1. The Morgan fingerprint density at radius 1 is 1.61 bits per heavy atom. The van der Waals surface area contributed by atoms with E-state index in [1.54, 1.807) is 25.1 Å². The van der Waals surface area contributed by atoms with Gasteiger partial charge in [-0.05, 0) is 30.7 Å². The maximum atomic E-state index is 11.9. The van der Waals surface area contributed by atoms with Gasteiger partial charge in [-0.25, -0.2) is 9.69 Å². The molecular weight excluding hydrogens is 258 g/mol. The summed E-state index contributed by atoms with van der Waals surface area (Å²) in [6.07, 6.45) is -0.499. The number of ether oxygens (including phenoxy) is 2. The summed E-state index contributed by atoms with van der Waals surface area (Å²) in [4.78, 5) is 13.0. The highest BCUT2D eigenvalue weighted by atomic mass is 35.5. The maximum Gasteiger partial charge on any atom is 0.418 e. The first-order chi connectivity index (χ1) is 8.51. The summed E-state index contributed by atoms with van der Waals surface area (Å²) in [5.74, 6) is -1.72. The van der Waals surface area contributed by atoms with Gasteiger partial charge in [-0.3, -0.25) is 0 Å². The van der Waals surface area contributed by atoms with Gasteiger partial charge in [-0.1, -0.05) is 11.6 Å². The average Bonchev–Trinajstić information content (AvgIpc) is 2.61. The maximum absolute atomic E-state index is 11.9. The lowest BCUT2D eigenvalue weighted by atomic mass is 10.1. The number of halogens is 1. The van der Waals surface area contributed by atoms with Crippen molar-refractivity contribution in [2.24, 2.45) is 0 Å². The molecule has 1 aliphatic heterocycles. The highest BCUT2D eigenvalue weighted by molar-refractivity contribution is 6.30. The molecule has 1 N–H and O–H groups in total. The number of benzene rings is 1. The largest absolute Gasteiger partial charge is 0.449 e. The molecule has 0 aliphatic carbocycles. The highest BCUT2D eigenvalue weighted by Gasteiger charge is 2.47. The van der Waals surface area contributed by atoms with Gasteiger partial charge in [0.1, 0.15) is 0 Å². The third-order valence-corrected chi connectivity index (χ3v) is 3.06. The standard InChI is InChI=1S/C12H14ClNO4/c1-3-18-11(15)14-10-5-4-9(13)6-8(10)7-12(14,16)17-2/h4-6,16H,3,7H2,1-2H3. The molecule has 1 heterocycles. The van der Waals surface area contributed by atoms with Gasteiger partial charge < -0.3 is 14.6 Å². The molecule has 0 spiro atoms. The Labute approximate surface area is 110 Å². The molecule has 98 valence electrons. The van der Waals surface area contributed by atoms with E-state index >= 15 is 0 Å². The number of anilines is 1. The number of hydrogen-bond donors (Lipinski definition) is 1. The van der Waals surface area contributed by atoms with Gasteiger partial charge >= 0.3 is 6.09 Å². The lowest BCUT2D eigenvalue weighted by molar-refractivity contribution is -0.174. The van der Waals surface area contributed by atoms with Gasteiger partial charge in [0.15, 0.2) is 0 Å². The Hall–Kier alpha value is -1.30. The molecule has 18 heavy (non-hydrogen) atoms. The number of carbonyl (C=O) groups excluding carboxylic acids is 1. The fraction of sp³-hybridized carbons (Fsp3) is 0.417. The second-order valence-electron chi connectivity index (χ2n) is 3.93. The molecule has 1 atom stereocenters. The number of aliphatic hydroxyl groups is 1. The summed E-state index contributed by atoms with van der Waals surface area (Å²) >= 11 is 5.89. The topological polar surface area (TPSA) is 59.0 Å². The third kappa shape index (κ3) is 2.05. The normalized spacial score (nSPS) is 21.9. The Morgan fingerprint density at radius 3 is 2.94 bits per heavy atom. The van der Waals surface area contributed by atoms with Crippen molar-refractivity contribution in [2.75, 3.05) is 18.6 Å². The lowest BCUT2D eigenvalue weighted by Gasteiger charge is -2.31. The fourth-order valence-corrected chi connectivity index (χ4v) is 2.22. The molecule has 1 aromatic rings. The van der Waals surface area contributed by atoms with Crippen molar-refractivity contribution in [1.29, 1.82) is 0 Å². The average molecular weight is 272 g/mol. The van der Waals surface area contributed by atoms with Crippen LogP contribution in [0, 0.1) is 0 Å². The SMILES string of the molecule is CCOC(=O)N1c2ccc(Cl)cc2CC1(O)OC. The second kappa shape index (κ2) is 4.76. The number of nitrogens with zero attached hydrogens (tertiary/aromatic N) is 1. The molecule has 1 unspecified atom stereocenters. The predicted molar refractivity (Wildman–Crippen MR) is 66.6 cm³/mol. The first kappa shape index (κ1) is 13.1. The molecule has 0 aromatic heterocycles. The Kier molecular flexibility index (Phi) is 3.47. The van der Waals surface area contributed by atoms with Crippen LogP contribution < -0.4 is 4.90 Å². The van der Waals surface area contributed by atoms with Crippen molar-refractivity contribution in [2.45, 2.75) is 19.3 Å². The van der Waals surface area contributed by atoms with Crippen molar-refractivity contribution in [1.82, 2.24) is 0 Å². The summed E-state index contributed by atoms with van der Waals surface area (Å²) in [6.45, 7) is 1.92. The van der Waals surface area contributed by atoms with Gasteiger partial charge in [0, 0.05) is 12.1 Å². The lowest BCUT2D eigenvalue weighted by Crippen LogP contribution is -2.51. The van der Waals surface area contributed by atoms with Crippen LogP contribution in [0.4, 0.5) is 10.5 Å². The van der Waals surface area contributed by atoms with Gasteiger partial charge in [-0.2, -0.15) is 0 Å². The van der Waals surface area contributed by atoms with Gasteiger partial charge in [-0.15, -0.1) is 0 Å². The molecule has 0 saturated carbocycles. The van der Waals surface area contributed by atoms with Gasteiger partial charge in [0.2, 0.25) is 0 Å². The summed E-state index contributed by atoms with van der Waals surface area (Å²) in [7, 11) is 1.33. The molecule has 1 aliphatic rings. The molecule has 6 heteroatoms. The summed E-state index contributed by atoms with van der Waals surface area (Å²) in [6, 6.07) is 5.00. The van der Waals surface area contributed by atoms with E-state index < -0.39 is 12.0 Å². The number of fused-ring (bicyclic) bond motifs is 1. The van der Waals surface area contributed by atoms with Crippen LogP contribution in [0.25, 0.3) is 0 Å². The van der Waals surface area contributed by atoms with E-state index in [1.807, 2.05) is 0 Å². The van der Waals surface area contributed by atoms with E-state index in [0.717, 1.165) is 10.5 Å². The molecule has 2 rings (SSSR count). The van der Waals surface area contributed by atoms with Crippen LogP contribution in [0.5, 0.6) is 0 Å². The smallest absolute Gasteiger partial charge is 0.418 e. The van der Waals surface area contributed by atoms with Crippen LogP contribution in [-0.2, 0) is 15.9 Å². The third-order valence-electron chi connectivity index (χ3n) is 2.83. The minimum absolute atomic E-state index is 0.151. The van der Waals surface area contributed by atoms with Crippen LogP contribution >= 0.6 is 11.6 Å². The van der Waals surface area contributed by atoms with Crippen LogP contribution in [0.15, 0.2) is 18.2 Å². The molecule has 1 amide bonds. The summed E-state index contributed by atoms with van der Waals surface area (Å²) < 4.78 is 9.96. The fourth-order valence-electron chi connectivity index (χ4n) is 2.02. The highest BCUT2D eigenvalue weighted by Crippen LogP contribution is 2.39. The van der Waals surface area contributed by atoms with E-state index in [9.17, 15) is 9.90 Å². The molecule has 0 fully saturated rings. The van der Waals surface area contributed by atoms with E-state index in [-0.39, 0.29) is 13.0 Å². The van der Waals surface area contributed by atoms with E-state index in [0.29, 0.717) is 10.7 Å². The molecular formula is C12H14ClNO4. The second-order valence-corrected chi connectivity index (χ2v) is 4.37. The number of carbonyl (C=O) groups is 1. The van der Waals surface area contributed by atoms with Gasteiger partial charge in [0.25, 0.3) is 5.91 Å². The van der Waals surface area contributed by atoms with Crippen molar-refractivity contribution < 1.29 is 19.4 Å². The van der Waals surface area contributed by atoms with Crippen molar-refractivity contribution in [3.63, 3.8) is 0 Å². The van der Waals surface area contributed by atoms with Crippen LogP contribution in [0.2, 0.25) is 5.02 Å². The van der Waals surface area contributed by atoms with Crippen LogP contribution in [0.1, 0.15) is 12.5 Å².